The van der Waals surface area contributed by atoms with Gasteiger partial charge in [-0.15, -0.1) is 0 Å². The number of hydrogen-bond donors (Lipinski definition) is 0. The fourth-order valence-corrected chi connectivity index (χ4v) is 8.33. The summed E-state index contributed by atoms with van der Waals surface area (Å²) < 4.78 is 1.78. The number of hydrogen-bond acceptors (Lipinski definition) is 1. The van der Waals surface area contributed by atoms with Crippen molar-refractivity contribution in [1.29, 1.82) is 0 Å². The summed E-state index contributed by atoms with van der Waals surface area (Å²) in [6, 6.07) is 8.05. The standard InChI is InChI=1S/C12H14OSiTe/c1-14(2,3)8-11-9-6-4-5-7-10(9)12(13)15-11/h4-8H,1-3H3/b11-8-. The van der Waals surface area contributed by atoms with Crippen molar-refractivity contribution in [2.24, 2.45) is 0 Å². The summed E-state index contributed by atoms with van der Waals surface area (Å²) in [4.78, 5) is 11.8. The maximum absolute atomic E-state index is 11.8. The minimum absolute atomic E-state index is 0.403. The van der Waals surface area contributed by atoms with Crippen LogP contribution in [0.25, 0.3) is 3.62 Å². The molecule has 2 rings (SSSR count). The van der Waals surface area contributed by atoms with Gasteiger partial charge < -0.3 is 0 Å². The second kappa shape index (κ2) is 3.90. The van der Waals surface area contributed by atoms with Crippen LogP contribution >= 0.6 is 0 Å². The van der Waals surface area contributed by atoms with Crippen molar-refractivity contribution < 1.29 is 4.79 Å². The van der Waals surface area contributed by atoms with Crippen LogP contribution in [-0.4, -0.2) is 32.8 Å². The maximum atomic E-state index is 11.8. The Balaban J connectivity index is 2.50. The first kappa shape index (κ1) is 11.1. The molecule has 0 aliphatic carbocycles. The van der Waals surface area contributed by atoms with Crippen molar-refractivity contribution in [2.45, 2.75) is 19.6 Å². The van der Waals surface area contributed by atoms with Crippen LogP contribution in [0.1, 0.15) is 15.9 Å². The molecule has 0 N–H and O–H groups in total. The molecule has 1 heterocycles. The number of carbonyl (C=O) groups excluding carboxylic acids is 1. The zero-order valence-corrected chi connectivity index (χ0v) is 12.5. The van der Waals surface area contributed by atoms with Crippen molar-refractivity contribution in [3.05, 3.63) is 41.1 Å². The summed E-state index contributed by atoms with van der Waals surface area (Å²) in [5.41, 5.74) is 4.58. The quantitative estimate of drug-likeness (QED) is 0.724. The van der Waals surface area contributed by atoms with E-state index in [9.17, 15) is 4.79 Å². The van der Waals surface area contributed by atoms with Gasteiger partial charge in [-0.1, -0.05) is 0 Å². The molecule has 0 unspecified atom stereocenters. The Morgan fingerprint density at radius 3 is 2.33 bits per heavy atom. The van der Waals surface area contributed by atoms with Crippen LogP contribution in [-0.2, 0) is 0 Å². The van der Waals surface area contributed by atoms with E-state index in [-0.39, 0.29) is 0 Å². The van der Waals surface area contributed by atoms with E-state index in [0.29, 0.717) is 3.83 Å². The van der Waals surface area contributed by atoms with E-state index in [4.69, 9.17) is 0 Å². The molecule has 0 atom stereocenters. The average Bonchev–Trinajstić information content (AvgIpc) is 2.42. The molecular formula is C12H14OSiTe. The molecule has 0 spiro atoms. The molecule has 1 aliphatic heterocycles. The number of fused-ring (bicyclic) bond motifs is 1. The van der Waals surface area contributed by atoms with Gasteiger partial charge in [0.05, 0.1) is 0 Å². The first-order valence-corrected chi connectivity index (χ1v) is 10.9. The zero-order chi connectivity index (χ0) is 11.1. The van der Waals surface area contributed by atoms with E-state index < -0.39 is 29.0 Å². The van der Waals surface area contributed by atoms with Crippen molar-refractivity contribution in [3.63, 3.8) is 0 Å². The van der Waals surface area contributed by atoms with Gasteiger partial charge in [0, 0.05) is 0 Å². The topological polar surface area (TPSA) is 17.1 Å². The number of rotatable bonds is 1. The Kier molecular flexibility index (Phi) is 2.89. The van der Waals surface area contributed by atoms with Gasteiger partial charge in [0.2, 0.25) is 0 Å². The van der Waals surface area contributed by atoms with Crippen LogP contribution in [0.15, 0.2) is 30.0 Å². The Morgan fingerprint density at radius 2 is 1.73 bits per heavy atom. The molecule has 1 nitrogen and oxygen atoms in total. The average molecular weight is 330 g/mol. The van der Waals surface area contributed by atoms with Crippen LogP contribution in [0.4, 0.5) is 0 Å². The summed E-state index contributed by atoms with van der Waals surface area (Å²) in [6.07, 6.45) is 0. The van der Waals surface area contributed by atoms with Gasteiger partial charge in [0.1, 0.15) is 0 Å². The first-order valence-electron chi connectivity index (χ1n) is 5.02. The predicted octanol–water partition coefficient (Wildman–Crippen LogP) is 2.76. The van der Waals surface area contributed by atoms with Crippen molar-refractivity contribution >= 4 is 36.4 Å². The molecule has 0 amide bonds. The van der Waals surface area contributed by atoms with Gasteiger partial charge >= 0.3 is 102 Å². The molecule has 3 heteroatoms. The van der Waals surface area contributed by atoms with Gasteiger partial charge in [-0.05, 0) is 0 Å². The number of carbonyl (C=O) groups is 1. The molecule has 78 valence electrons. The van der Waals surface area contributed by atoms with Gasteiger partial charge in [-0.25, -0.2) is 0 Å². The van der Waals surface area contributed by atoms with Crippen LogP contribution < -0.4 is 0 Å². The van der Waals surface area contributed by atoms with Crippen LogP contribution in [0, 0.1) is 0 Å². The monoisotopic (exact) mass is 332 g/mol. The van der Waals surface area contributed by atoms with Crippen molar-refractivity contribution in [1.82, 2.24) is 0 Å². The molecule has 1 aromatic carbocycles. The fourth-order valence-electron chi connectivity index (χ4n) is 1.59. The Labute approximate surface area is 102 Å². The van der Waals surface area contributed by atoms with E-state index >= 15 is 0 Å². The predicted molar refractivity (Wildman–Crippen MR) is 67.8 cm³/mol. The van der Waals surface area contributed by atoms with E-state index in [1.807, 2.05) is 18.2 Å². The van der Waals surface area contributed by atoms with Gasteiger partial charge in [0.15, 0.2) is 0 Å². The summed E-state index contributed by atoms with van der Waals surface area (Å²) in [5, 5.41) is 0. The molecule has 15 heavy (non-hydrogen) atoms. The third-order valence-electron chi connectivity index (χ3n) is 2.18. The molecule has 1 aliphatic rings. The van der Waals surface area contributed by atoms with Gasteiger partial charge in [-0.2, -0.15) is 0 Å². The second-order valence-corrected chi connectivity index (χ2v) is 12.7. The number of benzene rings is 1. The molecule has 0 aromatic heterocycles. The van der Waals surface area contributed by atoms with E-state index in [2.05, 4.69) is 31.4 Å². The molecule has 0 saturated carbocycles. The minimum atomic E-state index is -1.20. The molecule has 0 saturated heterocycles. The molecule has 0 radical (unpaired) electrons. The van der Waals surface area contributed by atoms with Crippen LogP contribution in [0.2, 0.25) is 19.6 Å². The normalized spacial score (nSPS) is 18.3. The van der Waals surface area contributed by atoms with Crippen molar-refractivity contribution in [2.75, 3.05) is 0 Å². The third kappa shape index (κ3) is 2.42. The summed E-state index contributed by atoms with van der Waals surface area (Å²) in [6.45, 7) is 6.95. The summed E-state index contributed by atoms with van der Waals surface area (Å²) in [5.74, 6) is 0. The molecule has 0 fully saturated rings. The van der Waals surface area contributed by atoms with E-state index in [1.54, 1.807) is 0 Å². The van der Waals surface area contributed by atoms with Gasteiger partial charge in [-0.3, -0.25) is 0 Å². The summed E-state index contributed by atoms with van der Waals surface area (Å²) in [7, 11) is -1.20. The second-order valence-electron chi connectivity index (χ2n) is 4.81. The third-order valence-corrected chi connectivity index (χ3v) is 6.73. The Morgan fingerprint density at radius 1 is 1.13 bits per heavy atom. The Hall–Kier alpha value is -0.364. The van der Waals surface area contributed by atoms with E-state index in [1.165, 1.54) is 9.18 Å². The first-order chi connectivity index (χ1) is 6.97. The summed E-state index contributed by atoms with van der Waals surface area (Å²) >= 11 is -0.612. The SMILES string of the molecule is C[Si](C)(C)/C=C1\[Te]C(=O)c2ccccc21. The fraction of sp³-hybridized carbons (Fsp3) is 0.250. The zero-order valence-electron chi connectivity index (χ0n) is 9.20. The van der Waals surface area contributed by atoms with Crippen LogP contribution in [0.5, 0.6) is 0 Å². The van der Waals surface area contributed by atoms with Crippen LogP contribution in [0.3, 0.4) is 0 Å². The molecule has 1 aromatic rings. The Bertz CT molecular complexity index is 443. The molecule has 0 bridgehead atoms. The van der Waals surface area contributed by atoms with E-state index in [0.717, 1.165) is 5.56 Å². The van der Waals surface area contributed by atoms with Crippen molar-refractivity contribution in [3.8, 4) is 0 Å². The van der Waals surface area contributed by atoms with Gasteiger partial charge in [0.25, 0.3) is 0 Å². The molecular weight excluding hydrogens is 316 g/mol.